The minimum absolute atomic E-state index is 0.0990. The number of hydrogen-bond acceptors (Lipinski definition) is 4. The maximum atomic E-state index is 11.9. The van der Waals surface area contributed by atoms with Crippen molar-refractivity contribution in [2.75, 3.05) is 6.54 Å². The first-order chi connectivity index (χ1) is 8.58. The van der Waals surface area contributed by atoms with Crippen LogP contribution in [0, 0.1) is 0 Å². The van der Waals surface area contributed by atoms with Crippen LogP contribution in [0.1, 0.15) is 5.76 Å². The molecule has 0 spiro atoms. The van der Waals surface area contributed by atoms with Crippen LogP contribution in [-0.4, -0.2) is 19.9 Å². The Kier molecular flexibility index (Phi) is 4.00. The van der Waals surface area contributed by atoms with Crippen LogP contribution < -0.4 is 4.72 Å². The van der Waals surface area contributed by atoms with Gasteiger partial charge in [0.1, 0.15) is 10.9 Å². The molecule has 0 aliphatic carbocycles. The van der Waals surface area contributed by atoms with Crippen molar-refractivity contribution in [1.29, 1.82) is 0 Å². The fourth-order valence-corrected chi connectivity index (χ4v) is 2.68. The van der Waals surface area contributed by atoms with E-state index in [0.29, 0.717) is 6.42 Å². The van der Waals surface area contributed by atoms with Crippen molar-refractivity contribution in [1.82, 2.24) is 9.71 Å². The molecule has 0 bridgehead atoms. The summed E-state index contributed by atoms with van der Waals surface area (Å²) in [7, 11) is -3.55. The van der Waals surface area contributed by atoms with E-state index in [9.17, 15) is 8.42 Å². The Bertz CT molecular complexity index is 611. The van der Waals surface area contributed by atoms with Gasteiger partial charge < -0.3 is 4.42 Å². The van der Waals surface area contributed by atoms with Crippen LogP contribution in [0.4, 0.5) is 0 Å². The molecule has 0 amide bonds. The second kappa shape index (κ2) is 5.51. The van der Waals surface area contributed by atoms with E-state index in [4.69, 9.17) is 16.0 Å². The smallest absolute Gasteiger partial charge is 0.240 e. The van der Waals surface area contributed by atoms with Crippen LogP contribution >= 0.6 is 11.6 Å². The molecule has 0 saturated heterocycles. The summed E-state index contributed by atoms with van der Waals surface area (Å²) in [5.74, 6) is 0.727. The first kappa shape index (κ1) is 13.1. The Balaban J connectivity index is 1.99. The highest BCUT2D eigenvalue weighted by molar-refractivity contribution is 7.89. The second-order valence-corrected chi connectivity index (χ2v) is 5.70. The van der Waals surface area contributed by atoms with Crippen LogP contribution in [0.25, 0.3) is 0 Å². The van der Waals surface area contributed by atoms with Gasteiger partial charge in [-0.2, -0.15) is 0 Å². The van der Waals surface area contributed by atoms with Gasteiger partial charge in [0.05, 0.1) is 11.2 Å². The summed E-state index contributed by atoms with van der Waals surface area (Å²) in [5.41, 5.74) is 0. The van der Waals surface area contributed by atoms with Crippen LogP contribution in [0.5, 0.6) is 0 Å². The molecule has 0 unspecified atom stereocenters. The topological polar surface area (TPSA) is 72.2 Å². The lowest BCUT2D eigenvalue weighted by Crippen LogP contribution is -2.25. The van der Waals surface area contributed by atoms with Crippen molar-refractivity contribution < 1.29 is 12.8 Å². The molecule has 2 aromatic rings. The van der Waals surface area contributed by atoms with Gasteiger partial charge in [-0.25, -0.2) is 18.1 Å². The number of halogens is 1. The summed E-state index contributed by atoms with van der Waals surface area (Å²) in [6.45, 7) is 0.260. The van der Waals surface area contributed by atoms with Crippen molar-refractivity contribution in [3.63, 3.8) is 0 Å². The maximum absolute atomic E-state index is 11.9. The Labute approximate surface area is 110 Å². The minimum Gasteiger partial charge on any atom is -0.469 e. The van der Waals surface area contributed by atoms with Gasteiger partial charge in [0.25, 0.3) is 0 Å². The van der Waals surface area contributed by atoms with E-state index in [-0.39, 0.29) is 16.6 Å². The third-order valence-electron chi connectivity index (χ3n) is 2.25. The van der Waals surface area contributed by atoms with Crippen molar-refractivity contribution in [2.24, 2.45) is 0 Å². The van der Waals surface area contributed by atoms with Gasteiger partial charge in [0.15, 0.2) is 0 Å². The molecule has 18 heavy (non-hydrogen) atoms. The van der Waals surface area contributed by atoms with Crippen LogP contribution in [0.2, 0.25) is 5.15 Å². The Morgan fingerprint density at radius 3 is 2.89 bits per heavy atom. The molecule has 0 saturated carbocycles. The molecule has 0 fully saturated rings. The number of nitrogens with zero attached hydrogens (tertiary/aromatic N) is 1. The number of hydrogen-bond donors (Lipinski definition) is 1. The third kappa shape index (κ3) is 3.32. The average molecular weight is 287 g/mol. The zero-order chi connectivity index (χ0) is 13.0. The minimum atomic E-state index is -3.55. The first-order valence-corrected chi connectivity index (χ1v) is 7.08. The number of sulfonamides is 1. The molecule has 0 aromatic carbocycles. The quantitative estimate of drug-likeness (QED) is 0.852. The highest BCUT2D eigenvalue weighted by Crippen LogP contribution is 2.12. The zero-order valence-corrected chi connectivity index (χ0v) is 10.9. The normalized spacial score (nSPS) is 11.6. The lowest BCUT2D eigenvalue weighted by Gasteiger charge is -2.05. The Hall–Kier alpha value is -1.37. The SMILES string of the molecule is O=S(=O)(NCCc1ccco1)c1ccnc(Cl)c1. The van der Waals surface area contributed by atoms with E-state index < -0.39 is 10.0 Å². The molecule has 96 valence electrons. The molecular formula is C11H11ClN2O3S. The van der Waals surface area contributed by atoms with E-state index in [1.165, 1.54) is 18.3 Å². The molecule has 0 atom stereocenters. The standard InChI is InChI=1S/C11H11ClN2O3S/c12-11-8-10(4-5-13-11)18(15,16)14-6-3-9-2-1-7-17-9/h1-2,4-5,7-8,14H,3,6H2. The summed E-state index contributed by atoms with van der Waals surface area (Å²) < 4.78 is 31.3. The van der Waals surface area contributed by atoms with Gasteiger partial charge in [0, 0.05) is 19.2 Å². The molecule has 0 aliphatic rings. The molecule has 2 rings (SSSR count). The maximum Gasteiger partial charge on any atom is 0.240 e. The molecule has 1 N–H and O–H groups in total. The predicted octanol–water partition coefficient (Wildman–Crippen LogP) is 1.85. The zero-order valence-electron chi connectivity index (χ0n) is 9.34. The highest BCUT2D eigenvalue weighted by Gasteiger charge is 2.14. The monoisotopic (exact) mass is 286 g/mol. The van der Waals surface area contributed by atoms with Gasteiger partial charge >= 0.3 is 0 Å². The van der Waals surface area contributed by atoms with Gasteiger partial charge in [-0.1, -0.05) is 11.6 Å². The fraction of sp³-hybridized carbons (Fsp3) is 0.182. The number of furan rings is 1. The van der Waals surface area contributed by atoms with E-state index in [1.807, 2.05) is 0 Å². The number of nitrogens with one attached hydrogen (secondary N) is 1. The largest absolute Gasteiger partial charge is 0.469 e. The van der Waals surface area contributed by atoms with Crippen LogP contribution in [-0.2, 0) is 16.4 Å². The van der Waals surface area contributed by atoms with Gasteiger partial charge in [-0.3, -0.25) is 0 Å². The van der Waals surface area contributed by atoms with E-state index in [2.05, 4.69) is 9.71 Å². The van der Waals surface area contributed by atoms with Gasteiger partial charge in [-0.15, -0.1) is 0 Å². The van der Waals surface area contributed by atoms with Crippen LogP contribution in [0.15, 0.2) is 46.0 Å². The van der Waals surface area contributed by atoms with Crippen molar-refractivity contribution >= 4 is 21.6 Å². The molecule has 5 nitrogen and oxygen atoms in total. The summed E-state index contributed by atoms with van der Waals surface area (Å²) >= 11 is 5.65. The predicted molar refractivity (Wildman–Crippen MR) is 66.8 cm³/mol. The van der Waals surface area contributed by atoms with E-state index in [0.717, 1.165) is 5.76 Å². The molecule has 7 heteroatoms. The number of pyridine rings is 1. The second-order valence-electron chi connectivity index (χ2n) is 3.54. The van der Waals surface area contributed by atoms with E-state index in [1.54, 1.807) is 18.4 Å². The number of aromatic nitrogens is 1. The third-order valence-corrected chi connectivity index (χ3v) is 3.92. The van der Waals surface area contributed by atoms with E-state index >= 15 is 0 Å². The lowest BCUT2D eigenvalue weighted by molar-refractivity contribution is 0.506. The summed E-state index contributed by atoms with van der Waals surface area (Å²) in [6.07, 6.45) is 3.39. The molecular weight excluding hydrogens is 276 g/mol. The molecule has 0 aliphatic heterocycles. The van der Waals surface area contributed by atoms with Gasteiger partial charge in [0.2, 0.25) is 10.0 Å². The molecule has 0 radical (unpaired) electrons. The first-order valence-electron chi connectivity index (χ1n) is 5.21. The lowest BCUT2D eigenvalue weighted by atomic mass is 10.3. The Morgan fingerprint density at radius 1 is 1.39 bits per heavy atom. The van der Waals surface area contributed by atoms with Crippen LogP contribution in [0.3, 0.4) is 0 Å². The summed E-state index contributed by atoms with van der Waals surface area (Å²) in [6, 6.07) is 6.24. The van der Waals surface area contributed by atoms with Gasteiger partial charge in [-0.05, 0) is 24.3 Å². The fourth-order valence-electron chi connectivity index (χ4n) is 1.40. The van der Waals surface area contributed by atoms with Crippen molar-refractivity contribution in [3.8, 4) is 0 Å². The van der Waals surface area contributed by atoms with Crippen molar-refractivity contribution in [3.05, 3.63) is 47.6 Å². The molecule has 2 heterocycles. The molecule has 2 aromatic heterocycles. The summed E-state index contributed by atoms with van der Waals surface area (Å²) in [5, 5.41) is 0.143. The Morgan fingerprint density at radius 2 is 2.22 bits per heavy atom. The summed E-state index contributed by atoms with van der Waals surface area (Å²) in [4.78, 5) is 3.83. The number of rotatable bonds is 5. The highest BCUT2D eigenvalue weighted by atomic mass is 35.5. The average Bonchev–Trinajstić information content (AvgIpc) is 2.82. The van der Waals surface area contributed by atoms with Crippen molar-refractivity contribution in [2.45, 2.75) is 11.3 Å².